The van der Waals surface area contributed by atoms with Crippen molar-refractivity contribution in [3.05, 3.63) is 54.6 Å². The third kappa shape index (κ3) is 1.81. The summed E-state index contributed by atoms with van der Waals surface area (Å²) in [6.07, 6.45) is 0. The van der Waals surface area contributed by atoms with Crippen molar-refractivity contribution >= 4 is 21.5 Å². The van der Waals surface area contributed by atoms with Crippen LogP contribution < -0.4 is 4.74 Å². The summed E-state index contributed by atoms with van der Waals surface area (Å²) in [6.45, 7) is 0.343. The highest BCUT2D eigenvalue weighted by Crippen LogP contribution is 2.34. The van der Waals surface area contributed by atoms with Crippen LogP contribution >= 0.6 is 0 Å². The van der Waals surface area contributed by atoms with E-state index in [9.17, 15) is 0 Å². The smallest absolute Gasteiger partial charge is 0.135 e. The van der Waals surface area contributed by atoms with E-state index in [0.29, 0.717) is 6.61 Å². The average molecular weight is 238 g/mol. The fourth-order valence-electron chi connectivity index (χ4n) is 2.28. The van der Waals surface area contributed by atoms with Crippen LogP contribution in [-0.4, -0.2) is 18.3 Å². The normalized spacial score (nSPS) is 10.9. The van der Waals surface area contributed by atoms with Gasteiger partial charge in [0.1, 0.15) is 12.4 Å². The Balaban J connectivity index is 2.34. The quantitative estimate of drug-likeness (QED) is 0.709. The van der Waals surface area contributed by atoms with E-state index in [0.717, 1.165) is 27.3 Å². The second-order valence-electron chi connectivity index (χ2n) is 4.22. The molecule has 0 aliphatic carbocycles. The number of hydrogen-bond acceptors (Lipinski definition) is 2. The minimum atomic E-state index is 0.0253. The summed E-state index contributed by atoms with van der Waals surface area (Å²) in [5.41, 5.74) is 0. The molecule has 0 saturated heterocycles. The van der Waals surface area contributed by atoms with Crippen molar-refractivity contribution in [3.63, 3.8) is 0 Å². The third-order valence-electron chi connectivity index (χ3n) is 3.06. The van der Waals surface area contributed by atoms with Crippen LogP contribution in [0.1, 0.15) is 0 Å². The SMILES string of the molecule is OCCOc1c2ccccc2cc2ccccc12. The molecule has 90 valence electrons. The summed E-state index contributed by atoms with van der Waals surface area (Å²) >= 11 is 0. The van der Waals surface area contributed by atoms with Crippen LogP contribution in [0.25, 0.3) is 21.5 Å². The highest BCUT2D eigenvalue weighted by atomic mass is 16.5. The summed E-state index contributed by atoms with van der Waals surface area (Å²) in [4.78, 5) is 0. The van der Waals surface area contributed by atoms with Crippen LogP contribution in [0.15, 0.2) is 54.6 Å². The lowest BCUT2D eigenvalue weighted by Gasteiger charge is -2.12. The Bertz CT molecular complexity index is 635. The van der Waals surface area contributed by atoms with Gasteiger partial charge in [-0.2, -0.15) is 0 Å². The van der Waals surface area contributed by atoms with Crippen molar-refractivity contribution in [1.82, 2.24) is 0 Å². The zero-order valence-corrected chi connectivity index (χ0v) is 9.97. The van der Waals surface area contributed by atoms with Crippen LogP contribution in [0, 0.1) is 0 Å². The van der Waals surface area contributed by atoms with Crippen LogP contribution in [0.4, 0.5) is 0 Å². The van der Waals surface area contributed by atoms with Gasteiger partial charge in [0.05, 0.1) is 6.61 Å². The van der Waals surface area contributed by atoms with Gasteiger partial charge in [-0.05, 0) is 16.8 Å². The van der Waals surface area contributed by atoms with Crippen molar-refractivity contribution in [1.29, 1.82) is 0 Å². The molecule has 0 aliphatic rings. The van der Waals surface area contributed by atoms with E-state index in [-0.39, 0.29) is 6.61 Å². The van der Waals surface area contributed by atoms with E-state index < -0.39 is 0 Å². The first-order valence-corrected chi connectivity index (χ1v) is 6.04. The van der Waals surface area contributed by atoms with Gasteiger partial charge in [-0.1, -0.05) is 48.5 Å². The Morgan fingerprint density at radius 2 is 1.39 bits per heavy atom. The Hall–Kier alpha value is -2.06. The van der Waals surface area contributed by atoms with E-state index in [1.807, 2.05) is 24.3 Å². The lowest BCUT2D eigenvalue weighted by atomic mass is 10.0. The first-order chi connectivity index (χ1) is 8.90. The zero-order chi connectivity index (χ0) is 12.4. The number of aliphatic hydroxyl groups is 1. The van der Waals surface area contributed by atoms with E-state index in [2.05, 4.69) is 30.3 Å². The van der Waals surface area contributed by atoms with Crippen molar-refractivity contribution in [2.24, 2.45) is 0 Å². The first kappa shape index (κ1) is 11.1. The average Bonchev–Trinajstić information content (AvgIpc) is 2.43. The van der Waals surface area contributed by atoms with Gasteiger partial charge in [-0.15, -0.1) is 0 Å². The van der Waals surface area contributed by atoms with Crippen LogP contribution in [0.3, 0.4) is 0 Å². The fourth-order valence-corrected chi connectivity index (χ4v) is 2.28. The molecule has 0 aromatic heterocycles. The van der Waals surface area contributed by atoms with Gasteiger partial charge in [0.2, 0.25) is 0 Å². The van der Waals surface area contributed by atoms with E-state index >= 15 is 0 Å². The standard InChI is InChI=1S/C16H14O2/c17-9-10-18-16-14-7-3-1-5-12(14)11-13-6-2-4-8-15(13)16/h1-8,11,17H,9-10H2. The van der Waals surface area contributed by atoms with Gasteiger partial charge in [-0.3, -0.25) is 0 Å². The minimum Gasteiger partial charge on any atom is -0.490 e. The number of ether oxygens (including phenoxy) is 1. The highest BCUT2D eigenvalue weighted by Gasteiger charge is 2.07. The molecule has 1 N–H and O–H groups in total. The number of fused-ring (bicyclic) bond motifs is 2. The zero-order valence-electron chi connectivity index (χ0n) is 9.97. The number of benzene rings is 3. The predicted octanol–water partition coefficient (Wildman–Crippen LogP) is 3.36. The van der Waals surface area contributed by atoms with E-state index in [1.165, 1.54) is 0 Å². The van der Waals surface area contributed by atoms with E-state index in [4.69, 9.17) is 9.84 Å². The number of aliphatic hydroxyl groups excluding tert-OH is 1. The molecule has 0 radical (unpaired) electrons. The molecular formula is C16H14O2. The Labute approximate surface area is 105 Å². The molecular weight excluding hydrogens is 224 g/mol. The number of hydrogen-bond donors (Lipinski definition) is 1. The second kappa shape index (κ2) is 4.67. The topological polar surface area (TPSA) is 29.5 Å². The first-order valence-electron chi connectivity index (χ1n) is 6.04. The van der Waals surface area contributed by atoms with Crippen molar-refractivity contribution < 1.29 is 9.84 Å². The fraction of sp³-hybridized carbons (Fsp3) is 0.125. The molecule has 3 aromatic carbocycles. The molecule has 0 bridgehead atoms. The maximum absolute atomic E-state index is 8.95. The van der Waals surface area contributed by atoms with Crippen LogP contribution in [0.2, 0.25) is 0 Å². The second-order valence-corrected chi connectivity index (χ2v) is 4.22. The lowest BCUT2D eigenvalue weighted by molar-refractivity contribution is 0.204. The van der Waals surface area contributed by atoms with Crippen LogP contribution in [-0.2, 0) is 0 Å². The highest BCUT2D eigenvalue weighted by molar-refractivity contribution is 6.05. The molecule has 2 nitrogen and oxygen atoms in total. The molecule has 0 amide bonds. The summed E-state index contributed by atoms with van der Waals surface area (Å²) < 4.78 is 5.73. The molecule has 3 aromatic rings. The molecule has 3 rings (SSSR count). The Morgan fingerprint density at radius 1 is 0.833 bits per heavy atom. The van der Waals surface area contributed by atoms with Gasteiger partial charge < -0.3 is 9.84 Å². The Morgan fingerprint density at radius 3 is 1.94 bits per heavy atom. The van der Waals surface area contributed by atoms with Gasteiger partial charge in [0, 0.05) is 10.8 Å². The summed E-state index contributed by atoms with van der Waals surface area (Å²) in [6, 6.07) is 18.5. The van der Waals surface area contributed by atoms with Gasteiger partial charge in [0.15, 0.2) is 0 Å². The third-order valence-corrected chi connectivity index (χ3v) is 3.06. The molecule has 0 unspecified atom stereocenters. The summed E-state index contributed by atoms with van der Waals surface area (Å²) in [7, 11) is 0. The van der Waals surface area contributed by atoms with Crippen molar-refractivity contribution in [3.8, 4) is 5.75 Å². The summed E-state index contributed by atoms with van der Waals surface area (Å²) in [5.74, 6) is 0.859. The van der Waals surface area contributed by atoms with Gasteiger partial charge in [-0.25, -0.2) is 0 Å². The molecule has 0 atom stereocenters. The van der Waals surface area contributed by atoms with Crippen molar-refractivity contribution in [2.75, 3.05) is 13.2 Å². The lowest BCUT2D eigenvalue weighted by Crippen LogP contribution is -2.02. The van der Waals surface area contributed by atoms with Gasteiger partial charge in [0.25, 0.3) is 0 Å². The van der Waals surface area contributed by atoms with Crippen LogP contribution in [0.5, 0.6) is 5.75 Å². The van der Waals surface area contributed by atoms with Gasteiger partial charge >= 0.3 is 0 Å². The maximum Gasteiger partial charge on any atom is 0.135 e. The molecule has 0 aliphatic heterocycles. The molecule has 0 spiro atoms. The Kier molecular flexibility index (Phi) is 2.87. The van der Waals surface area contributed by atoms with E-state index in [1.54, 1.807) is 0 Å². The minimum absolute atomic E-state index is 0.0253. The maximum atomic E-state index is 8.95. The largest absolute Gasteiger partial charge is 0.490 e. The molecule has 0 saturated carbocycles. The molecule has 0 heterocycles. The molecule has 18 heavy (non-hydrogen) atoms. The predicted molar refractivity (Wildman–Crippen MR) is 74.0 cm³/mol. The van der Waals surface area contributed by atoms with Crippen molar-refractivity contribution in [2.45, 2.75) is 0 Å². The molecule has 0 fully saturated rings. The monoisotopic (exact) mass is 238 g/mol. The summed E-state index contributed by atoms with van der Waals surface area (Å²) in [5, 5.41) is 13.4. The number of rotatable bonds is 3. The molecule has 2 heteroatoms.